The Balaban J connectivity index is 1.67. The number of sulfonamides is 1. The third-order valence-corrected chi connectivity index (χ3v) is 7.20. The highest BCUT2D eigenvalue weighted by atomic mass is 79.9. The molecule has 0 aliphatic carbocycles. The predicted octanol–water partition coefficient (Wildman–Crippen LogP) is 4.08. The van der Waals surface area contributed by atoms with Crippen LogP contribution in [-0.4, -0.2) is 31.7 Å². The van der Waals surface area contributed by atoms with Crippen molar-refractivity contribution >= 4 is 37.5 Å². The van der Waals surface area contributed by atoms with Gasteiger partial charge in [0.1, 0.15) is 16.5 Å². The quantitative estimate of drug-likeness (QED) is 0.728. The fourth-order valence-corrected chi connectivity index (χ4v) is 5.04. The zero-order valence-corrected chi connectivity index (χ0v) is 17.5. The highest BCUT2D eigenvalue weighted by Gasteiger charge is 2.33. The summed E-state index contributed by atoms with van der Waals surface area (Å²) in [6.07, 6.45) is 0.601. The average molecular weight is 473 g/mol. The summed E-state index contributed by atoms with van der Waals surface area (Å²) in [6, 6.07) is 7.90. The topological polar surface area (TPSA) is 66.5 Å². The van der Waals surface area contributed by atoms with Crippen molar-refractivity contribution in [3.63, 3.8) is 0 Å². The van der Waals surface area contributed by atoms with Gasteiger partial charge in [0.15, 0.2) is 0 Å². The first kappa shape index (κ1) is 20.9. The number of nitrogens with one attached hydrogen (secondary N) is 1. The van der Waals surface area contributed by atoms with Crippen molar-refractivity contribution in [2.75, 3.05) is 18.4 Å². The van der Waals surface area contributed by atoms with Crippen LogP contribution in [-0.2, 0) is 14.8 Å². The maximum Gasteiger partial charge on any atom is 0.246 e. The fraction of sp³-hybridized carbons (Fsp3) is 0.316. The molecule has 0 radical (unpaired) electrons. The van der Waals surface area contributed by atoms with Crippen LogP contribution in [0.2, 0.25) is 0 Å². The minimum absolute atomic E-state index is 0.0633. The number of carbonyl (C=O) groups is 1. The van der Waals surface area contributed by atoms with Gasteiger partial charge in [0.05, 0.1) is 0 Å². The standard InChI is InChI=1S/C19H19BrF2N2O3S/c1-12-2-3-14(20)10-17(12)23-19(25)13-6-8-24(9-7-13)28(26,27)18-11-15(21)4-5-16(18)22/h2-5,10-11,13H,6-9H2,1H3,(H,23,25). The van der Waals surface area contributed by atoms with Crippen LogP contribution in [0.4, 0.5) is 14.5 Å². The molecular weight excluding hydrogens is 454 g/mol. The van der Waals surface area contributed by atoms with Crippen LogP contribution in [0, 0.1) is 24.5 Å². The third kappa shape index (κ3) is 4.42. The molecule has 0 atom stereocenters. The number of aryl methyl sites for hydroxylation is 1. The van der Waals surface area contributed by atoms with E-state index < -0.39 is 26.6 Å². The van der Waals surface area contributed by atoms with Crippen molar-refractivity contribution in [3.05, 3.63) is 58.1 Å². The number of hydrogen-bond donors (Lipinski definition) is 1. The van der Waals surface area contributed by atoms with Gasteiger partial charge in [-0.2, -0.15) is 4.31 Å². The Morgan fingerprint density at radius 3 is 2.50 bits per heavy atom. The van der Waals surface area contributed by atoms with Gasteiger partial charge < -0.3 is 5.32 Å². The molecule has 150 valence electrons. The molecule has 0 spiro atoms. The number of hydrogen-bond acceptors (Lipinski definition) is 3. The van der Waals surface area contributed by atoms with Crippen LogP contribution in [0.1, 0.15) is 18.4 Å². The lowest BCUT2D eigenvalue weighted by molar-refractivity contribution is -0.120. The highest BCUT2D eigenvalue weighted by Crippen LogP contribution is 2.27. The van der Waals surface area contributed by atoms with Crippen LogP contribution in [0.5, 0.6) is 0 Å². The third-order valence-electron chi connectivity index (χ3n) is 4.79. The summed E-state index contributed by atoms with van der Waals surface area (Å²) in [6.45, 7) is 2.01. The molecule has 2 aromatic rings. The molecule has 0 aromatic heterocycles. The molecule has 0 unspecified atom stereocenters. The Labute approximate surface area is 170 Å². The summed E-state index contributed by atoms with van der Waals surface area (Å²) in [5, 5.41) is 2.88. The second-order valence-electron chi connectivity index (χ2n) is 6.70. The average Bonchev–Trinajstić information content (AvgIpc) is 2.66. The normalized spacial score (nSPS) is 16.1. The summed E-state index contributed by atoms with van der Waals surface area (Å²) >= 11 is 3.36. The van der Waals surface area contributed by atoms with Gasteiger partial charge in [-0.15, -0.1) is 0 Å². The molecule has 1 amide bonds. The van der Waals surface area contributed by atoms with Crippen molar-refractivity contribution in [2.45, 2.75) is 24.7 Å². The highest BCUT2D eigenvalue weighted by molar-refractivity contribution is 9.10. The van der Waals surface area contributed by atoms with Crippen LogP contribution in [0.25, 0.3) is 0 Å². The SMILES string of the molecule is Cc1ccc(Br)cc1NC(=O)C1CCN(S(=O)(=O)c2cc(F)ccc2F)CC1. The molecule has 0 bridgehead atoms. The summed E-state index contributed by atoms with van der Waals surface area (Å²) in [5.74, 6) is -2.36. The monoisotopic (exact) mass is 472 g/mol. The van der Waals surface area contributed by atoms with Gasteiger partial charge in [0, 0.05) is 29.2 Å². The van der Waals surface area contributed by atoms with Gasteiger partial charge in [-0.25, -0.2) is 17.2 Å². The first-order chi connectivity index (χ1) is 13.2. The van der Waals surface area contributed by atoms with Crippen molar-refractivity contribution in [2.24, 2.45) is 5.92 Å². The summed E-state index contributed by atoms with van der Waals surface area (Å²) in [7, 11) is -4.16. The number of anilines is 1. The Hall–Kier alpha value is -1.84. The van der Waals surface area contributed by atoms with Gasteiger partial charge in [-0.1, -0.05) is 22.0 Å². The second-order valence-corrected chi connectivity index (χ2v) is 9.52. The lowest BCUT2D eigenvalue weighted by Gasteiger charge is -2.30. The Kier molecular flexibility index (Phi) is 6.16. The van der Waals surface area contributed by atoms with Gasteiger partial charge in [0.25, 0.3) is 0 Å². The fourth-order valence-electron chi connectivity index (χ4n) is 3.14. The molecule has 1 aliphatic rings. The van der Waals surface area contributed by atoms with E-state index in [1.54, 1.807) is 6.07 Å². The van der Waals surface area contributed by atoms with E-state index in [-0.39, 0.29) is 24.9 Å². The minimum atomic E-state index is -4.16. The van der Waals surface area contributed by atoms with Crippen LogP contribution in [0.15, 0.2) is 45.8 Å². The van der Waals surface area contributed by atoms with E-state index >= 15 is 0 Å². The number of benzene rings is 2. The molecule has 9 heteroatoms. The molecule has 28 heavy (non-hydrogen) atoms. The van der Waals surface area contributed by atoms with E-state index in [2.05, 4.69) is 21.2 Å². The number of halogens is 3. The smallest absolute Gasteiger partial charge is 0.246 e. The van der Waals surface area contributed by atoms with E-state index in [4.69, 9.17) is 0 Å². The molecule has 1 aliphatic heterocycles. The van der Waals surface area contributed by atoms with Gasteiger partial charge in [-0.05, 0) is 55.7 Å². The molecule has 1 heterocycles. The molecule has 1 N–H and O–H groups in total. The minimum Gasteiger partial charge on any atom is -0.326 e. The molecule has 0 saturated carbocycles. The van der Waals surface area contributed by atoms with E-state index in [0.29, 0.717) is 24.6 Å². The van der Waals surface area contributed by atoms with E-state index in [0.717, 1.165) is 26.5 Å². The van der Waals surface area contributed by atoms with E-state index in [9.17, 15) is 22.0 Å². The van der Waals surface area contributed by atoms with E-state index in [1.807, 2.05) is 19.1 Å². The number of carbonyl (C=O) groups excluding carboxylic acids is 1. The number of piperidine rings is 1. The van der Waals surface area contributed by atoms with Crippen molar-refractivity contribution in [1.29, 1.82) is 0 Å². The summed E-state index contributed by atoms with van der Waals surface area (Å²) < 4.78 is 54.5. The molecule has 5 nitrogen and oxygen atoms in total. The van der Waals surface area contributed by atoms with Crippen molar-refractivity contribution < 1.29 is 22.0 Å². The number of amides is 1. The molecular formula is C19H19BrF2N2O3S. The Morgan fingerprint density at radius 2 is 1.82 bits per heavy atom. The Bertz CT molecular complexity index is 1010. The largest absolute Gasteiger partial charge is 0.326 e. The predicted molar refractivity (Wildman–Crippen MR) is 105 cm³/mol. The Morgan fingerprint density at radius 1 is 1.14 bits per heavy atom. The maximum absolute atomic E-state index is 13.9. The van der Waals surface area contributed by atoms with Gasteiger partial charge in [0.2, 0.25) is 15.9 Å². The first-order valence-corrected chi connectivity index (χ1v) is 10.9. The molecule has 3 rings (SSSR count). The second kappa shape index (κ2) is 8.26. The molecule has 1 saturated heterocycles. The summed E-state index contributed by atoms with van der Waals surface area (Å²) in [5.41, 5.74) is 1.61. The lowest BCUT2D eigenvalue weighted by atomic mass is 9.97. The maximum atomic E-state index is 13.9. The van der Waals surface area contributed by atoms with Crippen molar-refractivity contribution in [3.8, 4) is 0 Å². The zero-order valence-electron chi connectivity index (χ0n) is 15.1. The van der Waals surface area contributed by atoms with Crippen LogP contribution >= 0.6 is 15.9 Å². The van der Waals surface area contributed by atoms with E-state index in [1.165, 1.54) is 0 Å². The first-order valence-electron chi connectivity index (χ1n) is 8.70. The lowest BCUT2D eigenvalue weighted by Crippen LogP contribution is -2.41. The van der Waals surface area contributed by atoms with Crippen molar-refractivity contribution in [1.82, 2.24) is 4.31 Å². The van der Waals surface area contributed by atoms with Crippen LogP contribution < -0.4 is 5.32 Å². The van der Waals surface area contributed by atoms with Crippen LogP contribution in [0.3, 0.4) is 0 Å². The van der Waals surface area contributed by atoms with Gasteiger partial charge in [-0.3, -0.25) is 4.79 Å². The number of rotatable bonds is 4. The molecule has 2 aromatic carbocycles. The number of nitrogens with zero attached hydrogens (tertiary/aromatic N) is 1. The van der Waals surface area contributed by atoms with Gasteiger partial charge >= 0.3 is 0 Å². The summed E-state index contributed by atoms with van der Waals surface area (Å²) in [4.78, 5) is 11.9. The zero-order chi connectivity index (χ0) is 20.5. The molecule has 1 fully saturated rings.